The number of rotatable bonds is 9. The molecule has 0 spiro atoms. The van der Waals surface area contributed by atoms with E-state index in [4.69, 9.17) is 4.74 Å². The quantitative estimate of drug-likeness (QED) is 0.594. The number of ether oxygens (including phenoxy) is 1. The highest BCUT2D eigenvalue weighted by atomic mass is 32.1. The van der Waals surface area contributed by atoms with E-state index in [-0.39, 0.29) is 11.9 Å². The Morgan fingerprint density at radius 2 is 2.07 bits per heavy atom. The van der Waals surface area contributed by atoms with Crippen LogP contribution in [0.1, 0.15) is 17.5 Å². The van der Waals surface area contributed by atoms with E-state index in [1.54, 1.807) is 29.9 Å². The molecule has 1 aromatic carbocycles. The summed E-state index contributed by atoms with van der Waals surface area (Å²) in [7, 11) is 0. The first-order valence-electron chi connectivity index (χ1n) is 8.75. The van der Waals surface area contributed by atoms with Gasteiger partial charge in [-0.3, -0.25) is 14.8 Å². The average molecular weight is 382 g/mol. The van der Waals surface area contributed by atoms with E-state index in [0.717, 1.165) is 23.6 Å². The van der Waals surface area contributed by atoms with Gasteiger partial charge in [-0.1, -0.05) is 6.07 Å². The van der Waals surface area contributed by atoms with Crippen LogP contribution < -0.4 is 15.4 Å². The summed E-state index contributed by atoms with van der Waals surface area (Å²) in [5, 5.41) is 8.20. The number of nitrogens with one attached hydrogen (secondary N) is 2. The van der Waals surface area contributed by atoms with Crippen molar-refractivity contribution in [2.75, 3.05) is 11.9 Å². The van der Waals surface area contributed by atoms with Gasteiger partial charge in [0.25, 0.3) is 0 Å². The maximum Gasteiger partial charge on any atom is 0.242 e. The van der Waals surface area contributed by atoms with Gasteiger partial charge >= 0.3 is 0 Å². The third-order valence-corrected chi connectivity index (χ3v) is 4.82. The second-order valence-electron chi connectivity index (χ2n) is 6.00. The summed E-state index contributed by atoms with van der Waals surface area (Å²) < 4.78 is 5.68. The minimum Gasteiger partial charge on any atom is -0.487 e. The lowest BCUT2D eigenvalue weighted by Crippen LogP contribution is -2.38. The summed E-state index contributed by atoms with van der Waals surface area (Å²) in [6, 6.07) is 11.3. The van der Waals surface area contributed by atoms with E-state index in [0.29, 0.717) is 13.2 Å². The van der Waals surface area contributed by atoms with Gasteiger partial charge in [-0.2, -0.15) is 0 Å². The number of carbonyl (C=O) groups is 1. The molecule has 0 bridgehead atoms. The summed E-state index contributed by atoms with van der Waals surface area (Å²) in [5.41, 5.74) is 1.63. The molecule has 140 valence electrons. The van der Waals surface area contributed by atoms with Crippen LogP contribution in [0.2, 0.25) is 0 Å². The topological polar surface area (TPSA) is 76.1 Å². The zero-order valence-corrected chi connectivity index (χ0v) is 15.9. The molecule has 7 heteroatoms. The van der Waals surface area contributed by atoms with E-state index in [9.17, 15) is 4.79 Å². The first-order valence-corrected chi connectivity index (χ1v) is 9.63. The maximum atomic E-state index is 12.2. The number of nitrogens with zero attached hydrogens (tertiary/aromatic N) is 2. The Morgan fingerprint density at radius 3 is 2.78 bits per heavy atom. The van der Waals surface area contributed by atoms with Crippen molar-refractivity contribution in [1.29, 1.82) is 0 Å². The minimum absolute atomic E-state index is 0.0189. The number of hydrogen-bond acceptors (Lipinski definition) is 6. The highest BCUT2D eigenvalue weighted by molar-refractivity contribution is 7.09. The summed E-state index contributed by atoms with van der Waals surface area (Å²) in [6.45, 7) is 2.85. The lowest BCUT2D eigenvalue weighted by molar-refractivity contribution is -0.121. The van der Waals surface area contributed by atoms with Gasteiger partial charge in [-0.05, 0) is 49.1 Å². The van der Waals surface area contributed by atoms with Crippen molar-refractivity contribution in [3.8, 4) is 5.75 Å². The van der Waals surface area contributed by atoms with Crippen molar-refractivity contribution in [3.05, 3.63) is 70.9 Å². The Kier molecular flexibility index (Phi) is 6.76. The number of hydrogen-bond donors (Lipinski definition) is 2. The first kappa shape index (κ1) is 18.8. The zero-order chi connectivity index (χ0) is 18.9. The molecule has 0 radical (unpaired) electrons. The lowest BCUT2D eigenvalue weighted by atomic mass is 10.2. The van der Waals surface area contributed by atoms with Crippen LogP contribution in [0.15, 0.2) is 60.4 Å². The summed E-state index contributed by atoms with van der Waals surface area (Å²) in [4.78, 5) is 21.6. The predicted molar refractivity (Wildman–Crippen MR) is 107 cm³/mol. The lowest BCUT2D eigenvalue weighted by Gasteiger charge is -2.15. The Hall–Kier alpha value is -2.93. The molecule has 6 nitrogen and oxygen atoms in total. The Labute approximate surface area is 162 Å². The normalized spacial score (nSPS) is 11.6. The zero-order valence-electron chi connectivity index (χ0n) is 15.1. The van der Waals surface area contributed by atoms with Crippen LogP contribution >= 0.6 is 11.3 Å². The van der Waals surface area contributed by atoms with Gasteiger partial charge in [-0.15, -0.1) is 11.3 Å². The number of benzene rings is 1. The summed E-state index contributed by atoms with van der Waals surface area (Å²) in [6.07, 6.45) is 5.80. The van der Waals surface area contributed by atoms with Gasteiger partial charge in [0, 0.05) is 29.5 Å². The highest BCUT2D eigenvalue weighted by Crippen LogP contribution is 2.17. The molecule has 2 N–H and O–H groups in total. The van der Waals surface area contributed by atoms with Gasteiger partial charge in [-0.25, -0.2) is 0 Å². The van der Waals surface area contributed by atoms with Crippen molar-refractivity contribution >= 4 is 22.9 Å². The molecule has 0 fully saturated rings. The first-order chi connectivity index (χ1) is 13.2. The molecule has 1 unspecified atom stereocenters. The van der Waals surface area contributed by atoms with Crippen LogP contribution in [0, 0.1) is 0 Å². The van der Waals surface area contributed by atoms with Crippen LogP contribution in [0.5, 0.6) is 5.75 Å². The molecule has 0 aliphatic rings. The van der Waals surface area contributed by atoms with Crippen molar-refractivity contribution in [2.45, 2.75) is 26.0 Å². The molecule has 2 heterocycles. The molecule has 0 saturated carbocycles. The van der Waals surface area contributed by atoms with Crippen LogP contribution in [0.4, 0.5) is 5.69 Å². The third-order valence-electron chi connectivity index (χ3n) is 3.88. The number of aromatic nitrogens is 2. The van der Waals surface area contributed by atoms with E-state index in [2.05, 4.69) is 26.7 Å². The molecule has 0 aliphatic carbocycles. The molecular formula is C20H22N4O2S. The fourth-order valence-corrected chi connectivity index (χ4v) is 3.15. The number of amides is 1. The second kappa shape index (κ2) is 9.68. The minimum atomic E-state index is -0.320. The number of thiophene rings is 1. The van der Waals surface area contributed by atoms with Gasteiger partial charge in [0.1, 0.15) is 18.4 Å². The summed E-state index contributed by atoms with van der Waals surface area (Å²) >= 11 is 1.70. The van der Waals surface area contributed by atoms with Crippen molar-refractivity contribution in [3.63, 3.8) is 0 Å². The Bertz CT molecular complexity index is 823. The second-order valence-corrected chi connectivity index (χ2v) is 7.03. The predicted octanol–water partition coefficient (Wildman–Crippen LogP) is 3.28. The molecular weight excluding hydrogens is 360 g/mol. The SMILES string of the molecule is CC(Nc1ccc(OCc2cnccn2)cc1)C(=O)NCCc1cccs1. The standard InChI is InChI=1S/C20H22N4O2S/c1-15(20(25)23-9-8-19-3-2-12-27-19)24-16-4-6-18(7-5-16)26-14-17-13-21-10-11-22-17/h2-7,10-13,15,24H,8-9,14H2,1H3,(H,23,25). The fraction of sp³-hybridized carbons (Fsp3) is 0.250. The van der Waals surface area contributed by atoms with Crippen LogP contribution in [-0.4, -0.2) is 28.5 Å². The van der Waals surface area contributed by atoms with Crippen LogP contribution in [0.3, 0.4) is 0 Å². The van der Waals surface area contributed by atoms with Gasteiger partial charge in [0.15, 0.2) is 0 Å². The maximum absolute atomic E-state index is 12.2. The molecule has 3 rings (SSSR count). The van der Waals surface area contributed by atoms with Crippen molar-refractivity contribution in [2.24, 2.45) is 0 Å². The highest BCUT2D eigenvalue weighted by Gasteiger charge is 2.12. The number of anilines is 1. The number of carbonyl (C=O) groups excluding carboxylic acids is 1. The van der Waals surface area contributed by atoms with E-state index >= 15 is 0 Å². The Balaban J connectivity index is 1.42. The molecule has 0 saturated heterocycles. The van der Waals surface area contributed by atoms with Crippen molar-refractivity contribution in [1.82, 2.24) is 15.3 Å². The van der Waals surface area contributed by atoms with Crippen molar-refractivity contribution < 1.29 is 9.53 Å². The van der Waals surface area contributed by atoms with Gasteiger partial charge in [0.05, 0.1) is 11.9 Å². The Morgan fingerprint density at radius 1 is 1.22 bits per heavy atom. The molecule has 27 heavy (non-hydrogen) atoms. The van der Waals surface area contributed by atoms with Crippen LogP contribution in [0.25, 0.3) is 0 Å². The molecule has 3 aromatic rings. The molecule has 2 aromatic heterocycles. The molecule has 0 aliphatic heterocycles. The molecule has 1 amide bonds. The smallest absolute Gasteiger partial charge is 0.242 e. The fourth-order valence-electron chi connectivity index (χ4n) is 2.44. The van der Waals surface area contributed by atoms with Gasteiger partial charge in [0.2, 0.25) is 5.91 Å². The monoisotopic (exact) mass is 382 g/mol. The third kappa shape index (κ3) is 6.07. The van der Waals surface area contributed by atoms with E-state index < -0.39 is 0 Å². The summed E-state index contributed by atoms with van der Waals surface area (Å²) in [5.74, 6) is 0.716. The van der Waals surface area contributed by atoms with Crippen LogP contribution in [-0.2, 0) is 17.8 Å². The van der Waals surface area contributed by atoms with E-state index in [1.165, 1.54) is 4.88 Å². The van der Waals surface area contributed by atoms with Gasteiger partial charge < -0.3 is 15.4 Å². The largest absolute Gasteiger partial charge is 0.487 e. The molecule has 1 atom stereocenters. The van der Waals surface area contributed by atoms with E-state index in [1.807, 2.05) is 42.6 Å². The average Bonchev–Trinajstić information content (AvgIpc) is 3.21.